The molecule has 0 radical (unpaired) electrons. The molecule has 0 N–H and O–H groups in total. The van der Waals surface area contributed by atoms with Crippen LogP contribution in [0.5, 0.6) is 0 Å². The fraction of sp³-hybridized carbons (Fsp3) is 0.118. The van der Waals surface area contributed by atoms with Gasteiger partial charge in [0.1, 0.15) is 0 Å². The molecule has 5 aromatic carbocycles. The van der Waals surface area contributed by atoms with Crippen molar-refractivity contribution in [3.05, 3.63) is 174 Å². The van der Waals surface area contributed by atoms with E-state index in [4.69, 9.17) is 0 Å². The third-order valence-electron chi connectivity index (χ3n) is 6.61. The summed E-state index contributed by atoms with van der Waals surface area (Å²) in [5.41, 5.74) is 4.70. The molecule has 0 heterocycles. The number of benzene rings is 5. The van der Waals surface area contributed by atoms with Crippen LogP contribution < -0.4 is 0 Å². The number of nitrogens with zero attached hydrogens (tertiary/aromatic N) is 1. The van der Waals surface area contributed by atoms with E-state index in [0.717, 1.165) is 29.1 Å². The molecule has 0 amide bonds. The van der Waals surface area contributed by atoms with E-state index in [-0.39, 0.29) is 11.3 Å². The minimum absolute atomic E-state index is 0.120. The van der Waals surface area contributed by atoms with E-state index < -0.39 is 10.8 Å². The Hall–Kier alpha value is -3.79. The van der Waals surface area contributed by atoms with Crippen molar-refractivity contribution in [1.82, 2.24) is 4.90 Å². The Labute approximate surface area is 222 Å². The maximum absolute atomic E-state index is 14.5. The van der Waals surface area contributed by atoms with Crippen LogP contribution in [0.1, 0.15) is 33.5 Å². The van der Waals surface area contributed by atoms with Crippen LogP contribution in [-0.2, 0) is 23.9 Å². The summed E-state index contributed by atoms with van der Waals surface area (Å²) in [5.74, 6) is 0. The minimum atomic E-state index is -1.28. The maximum Gasteiger partial charge on any atom is 0.0840 e. The molecule has 0 saturated carbocycles. The number of hydrogen-bond donors (Lipinski definition) is 0. The molecule has 0 aromatic heterocycles. The first kappa shape index (κ1) is 24.9. The molecule has 2 nitrogen and oxygen atoms in total. The lowest BCUT2D eigenvalue weighted by atomic mass is 9.95. The fourth-order valence-electron chi connectivity index (χ4n) is 4.88. The first-order chi connectivity index (χ1) is 18.3. The zero-order chi connectivity index (χ0) is 25.3. The van der Waals surface area contributed by atoms with Crippen molar-refractivity contribution in [1.29, 1.82) is 0 Å². The molecule has 5 rings (SSSR count). The third-order valence-corrected chi connectivity index (χ3v) is 8.34. The summed E-state index contributed by atoms with van der Waals surface area (Å²) in [6, 6.07) is 51.8. The predicted molar refractivity (Wildman–Crippen MR) is 153 cm³/mol. The smallest absolute Gasteiger partial charge is 0.0840 e. The largest absolute Gasteiger partial charge is 0.286 e. The Balaban J connectivity index is 1.67. The van der Waals surface area contributed by atoms with Gasteiger partial charge in [0.25, 0.3) is 0 Å². The summed E-state index contributed by atoms with van der Waals surface area (Å²) in [4.78, 5) is 3.33. The van der Waals surface area contributed by atoms with Crippen LogP contribution in [0.2, 0.25) is 0 Å². The van der Waals surface area contributed by atoms with Gasteiger partial charge in [-0.3, -0.25) is 9.11 Å². The van der Waals surface area contributed by atoms with Crippen molar-refractivity contribution in [3.8, 4) is 0 Å². The van der Waals surface area contributed by atoms with Crippen LogP contribution >= 0.6 is 0 Å². The van der Waals surface area contributed by atoms with E-state index in [1.54, 1.807) is 0 Å². The van der Waals surface area contributed by atoms with Gasteiger partial charge in [-0.25, -0.2) is 0 Å². The predicted octanol–water partition coefficient (Wildman–Crippen LogP) is 7.98. The van der Waals surface area contributed by atoms with E-state index in [1.165, 1.54) is 11.1 Å². The van der Waals surface area contributed by atoms with Gasteiger partial charge in [-0.15, -0.1) is 0 Å². The van der Waals surface area contributed by atoms with Crippen LogP contribution in [0.4, 0.5) is 0 Å². The molecule has 0 aliphatic heterocycles. The Bertz CT molecular complexity index is 1340. The van der Waals surface area contributed by atoms with Crippen LogP contribution in [0, 0.1) is 0 Å². The SMILES string of the molecule is O=S(c1ccccc1)C(c1ccccc1)C(c1ccccc1)N(Cc1ccccc1)Cc1ccccc1. The van der Waals surface area contributed by atoms with Crippen LogP contribution in [0.25, 0.3) is 0 Å². The Morgan fingerprint density at radius 1 is 0.486 bits per heavy atom. The van der Waals surface area contributed by atoms with Gasteiger partial charge in [-0.05, 0) is 34.4 Å². The number of hydrogen-bond acceptors (Lipinski definition) is 2. The average molecular weight is 502 g/mol. The highest BCUT2D eigenvalue weighted by molar-refractivity contribution is 7.85. The first-order valence-electron chi connectivity index (χ1n) is 12.7. The van der Waals surface area contributed by atoms with Gasteiger partial charge in [0.15, 0.2) is 0 Å². The molecule has 0 fully saturated rings. The van der Waals surface area contributed by atoms with Crippen LogP contribution in [0.15, 0.2) is 157 Å². The molecule has 3 unspecified atom stereocenters. The first-order valence-corrected chi connectivity index (χ1v) is 13.9. The van der Waals surface area contributed by atoms with E-state index in [1.807, 2.05) is 54.6 Å². The summed E-state index contributed by atoms with van der Waals surface area (Å²) in [5, 5.41) is -0.265. The van der Waals surface area contributed by atoms with E-state index in [0.29, 0.717) is 0 Å². The molecule has 3 atom stereocenters. The lowest BCUT2D eigenvalue weighted by Gasteiger charge is -2.38. The molecule has 0 bridgehead atoms. The average Bonchev–Trinajstić information content (AvgIpc) is 2.98. The fourth-order valence-corrected chi connectivity index (χ4v) is 6.57. The molecule has 184 valence electrons. The topological polar surface area (TPSA) is 20.3 Å². The van der Waals surface area contributed by atoms with Gasteiger partial charge in [0.05, 0.1) is 22.1 Å². The molecule has 0 spiro atoms. The highest BCUT2D eigenvalue weighted by Crippen LogP contribution is 2.42. The summed E-state index contributed by atoms with van der Waals surface area (Å²) >= 11 is 0. The van der Waals surface area contributed by atoms with Gasteiger partial charge in [0, 0.05) is 18.0 Å². The van der Waals surface area contributed by atoms with E-state index in [9.17, 15) is 4.21 Å². The van der Waals surface area contributed by atoms with E-state index >= 15 is 0 Å². The lowest BCUT2D eigenvalue weighted by molar-refractivity contribution is 0.173. The van der Waals surface area contributed by atoms with Crippen molar-refractivity contribution < 1.29 is 4.21 Å². The normalized spacial score (nSPS) is 13.6. The molecule has 0 aliphatic carbocycles. The Morgan fingerprint density at radius 3 is 1.32 bits per heavy atom. The second kappa shape index (κ2) is 12.4. The zero-order valence-electron chi connectivity index (χ0n) is 20.8. The molecular weight excluding hydrogens is 470 g/mol. The summed E-state index contributed by atoms with van der Waals surface area (Å²) in [7, 11) is -1.28. The highest BCUT2D eigenvalue weighted by atomic mass is 32.2. The quantitative estimate of drug-likeness (QED) is 0.193. The second-order valence-corrected chi connectivity index (χ2v) is 10.7. The maximum atomic E-state index is 14.5. The van der Waals surface area contributed by atoms with Crippen LogP contribution in [0.3, 0.4) is 0 Å². The van der Waals surface area contributed by atoms with Gasteiger partial charge in [0.2, 0.25) is 0 Å². The molecule has 5 aromatic rings. The van der Waals surface area contributed by atoms with Gasteiger partial charge in [-0.2, -0.15) is 0 Å². The van der Waals surface area contributed by atoms with Crippen molar-refractivity contribution in [2.24, 2.45) is 0 Å². The van der Waals surface area contributed by atoms with Crippen molar-refractivity contribution in [2.75, 3.05) is 0 Å². The minimum Gasteiger partial charge on any atom is -0.286 e. The number of rotatable bonds is 10. The highest BCUT2D eigenvalue weighted by Gasteiger charge is 2.35. The standard InChI is InChI=1S/C34H31NOS/c36-37(32-24-14-5-15-25-32)34(31-22-12-4-13-23-31)33(30-20-10-3-11-21-30)35(26-28-16-6-1-7-17-28)27-29-18-8-2-9-19-29/h1-25,33-34H,26-27H2. The zero-order valence-corrected chi connectivity index (χ0v) is 21.6. The van der Waals surface area contributed by atoms with E-state index in [2.05, 4.69) is 102 Å². The van der Waals surface area contributed by atoms with Gasteiger partial charge in [-0.1, -0.05) is 140 Å². The second-order valence-electron chi connectivity index (χ2n) is 9.17. The summed E-state index contributed by atoms with van der Waals surface area (Å²) in [6.45, 7) is 1.48. The van der Waals surface area contributed by atoms with Crippen molar-refractivity contribution in [3.63, 3.8) is 0 Å². The molecular formula is C34H31NOS. The monoisotopic (exact) mass is 501 g/mol. The summed E-state index contributed by atoms with van der Waals surface area (Å²) < 4.78 is 14.5. The van der Waals surface area contributed by atoms with Crippen molar-refractivity contribution >= 4 is 10.8 Å². The molecule has 0 aliphatic rings. The van der Waals surface area contributed by atoms with Gasteiger partial charge < -0.3 is 0 Å². The third kappa shape index (κ3) is 6.32. The Kier molecular flexibility index (Phi) is 8.37. The lowest BCUT2D eigenvalue weighted by Crippen LogP contribution is -2.34. The summed E-state index contributed by atoms with van der Waals surface area (Å²) in [6.07, 6.45) is 0. The van der Waals surface area contributed by atoms with Gasteiger partial charge >= 0.3 is 0 Å². The van der Waals surface area contributed by atoms with Crippen LogP contribution in [-0.4, -0.2) is 9.11 Å². The van der Waals surface area contributed by atoms with Crippen molar-refractivity contribution in [2.45, 2.75) is 29.3 Å². The molecule has 37 heavy (non-hydrogen) atoms. The Morgan fingerprint density at radius 2 is 0.865 bits per heavy atom. The molecule has 3 heteroatoms. The molecule has 0 saturated heterocycles.